The highest BCUT2D eigenvalue weighted by atomic mass is 16.3. The maximum absolute atomic E-state index is 11.3. The Balaban J connectivity index is 1.77. The molecule has 112 valence electrons. The summed E-state index contributed by atoms with van der Waals surface area (Å²) in [6.45, 7) is 5.19. The van der Waals surface area contributed by atoms with Gasteiger partial charge in [0.2, 0.25) is 0 Å². The molecule has 3 rings (SSSR count). The molecular weight excluding hydrogens is 248 g/mol. The second-order valence-corrected chi connectivity index (χ2v) is 7.53. The van der Waals surface area contributed by atoms with Crippen LogP contribution in [0.5, 0.6) is 0 Å². The van der Waals surface area contributed by atoms with E-state index in [0.717, 1.165) is 44.6 Å². The van der Waals surface area contributed by atoms with Crippen molar-refractivity contribution in [2.24, 2.45) is 11.3 Å². The third-order valence-electron chi connectivity index (χ3n) is 6.30. The predicted octanol–water partition coefficient (Wildman–Crippen LogP) is 3.08. The molecule has 3 nitrogen and oxygen atoms in total. The first kappa shape index (κ1) is 14.4. The number of nitriles is 1. The van der Waals surface area contributed by atoms with Gasteiger partial charge in [0.05, 0.1) is 17.1 Å². The van der Waals surface area contributed by atoms with Crippen LogP contribution in [0, 0.1) is 22.7 Å². The van der Waals surface area contributed by atoms with E-state index in [0.29, 0.717) is 12.1 Å². The van der Waals surface area contributed by atoms with Crippen LogP contribution >= 0.6 is 0 Å². The molecule has 2 atom stereocenters. The van der Waals surface area contributed by atoms with E-state index < -0.39 is 11.0 Å². The topological polar surface area (TPSA) is 47.3 Å². The highest BCUT2D eigenvalue weighted by Gasteiger charge is 2.58. The van der Waals surface area contributed by atoms with Gasteiger partial charge in [-0.2, -0.15) is 5.26 Å². The van der Waals surface area contributed by atoms with Gasteiger partial charge in [-0.1, -0.05) is 13.3 Å². The molecule has 0 radical (unpaired) electrons. The molecule has 1 heterocycles. The van der Waals surface area contributed by atoms with Gasteiger partial charge < -0.3 is 5.11 Å². The summed E-state index contributed by atoms with van der Waals surface area (Å²) in [6, 6.07) is 3.68. The molecular formula is C17H28N2O. The standard InChI is InChI=1S/C17H28N2O/c1-3-14-6-8-16(11-18,9-7-14)17(20)10-13(2)19(12-17)15-4-5-15/h13-15,20H,3-10,12H2,1-2H3. The SMILES string of the molecule is CCC1CCC(C#N)(C2(O)CC(C)N(C3CC3)C2)CC1. The van der Waals surface area contributed by atoms with Crippen LogP contribution in [0.2, 0.25) is 0 Å². The maximum atomic E-state index is 11.3. The lowest BCUT2D eigenvalue weighted by atomic mass is 9.61. The van der Waals surface area contributed by atoms with E-state index in [1.807, 2.05) is 0 Å². The van der Waals surface area contributed by atoms with Crippen molar-refractivity contribution >= 4 is 0 Å². The minimum Gasteiger partial charge on any atom is -0.387 e. The molecule has 1 saturated heterocycles. The molecule has 3 fully saturated rings. The molecule has 2 saturated carbocycles. The quantitative estimate of drug-likeness (QED) is 0.861. The van der Waals surface area contributed by atoms with Gasteiger partial charge in [-0.15, -0.1) is 0 Å². The first-order valence-electron chi connectivity index (χ1n) is 8.43. The minimum atomic E-state index is -0.775. The van der Waals surface area contributed by atoms with Crippen molar-refractivity contribution in [2.75, 3.05) is 6.54 Å². The number of aliphatic hydroxyl groups is 1. The summed E-state index contributed by atoms with van der Waals surface area (Å²) in [4.78, 5) is 2.46. The first-order chi connectivity index (χ1) is 9.53. The zero-order valence-electron chi connectivity index (χ0n) is 12.9. The number of hydrogen-bond donors (Lipinski definition) is 1. The molecule has 0 aromatic rings. The number of rotatable bonds is 3. The Kier molecular flexibility index (Phi) is 3.59. The van der Waals surface area contributed by atoms with Crippen LogP contribution in [0.1, 0.15) is 65.2 Å². The lowest BCUT2D eigenvalue weighted by Crippen LogP contribution is -2.51. The van der Waals surface area contributed by atoms with Gasteiger partial charge in [0.15, 0.2) is 0 Å². The Morgan fingerprint density at radius 1 is 1.25 bits per heavy atom. The molecule has 0 bridgehead atoms. The van der Waals surface area contributed by atoms with E-state index in [-0.39, 0.29) is 0 Å². The van der Waals surface area contributed by atoms with Crippen molar-refractivity contribution in [1.29, 1.82) is 5.26 Å². The van der Waals surface area contributed by atoms with Gasteiger partial charge in [-0.3, -0.25) is 4.90 Å². The van der Waals surface area contributed by atoms with E-state index in [2.05, 4.69) is 24.8 Å². The molecule has 1 aliphatic heterocycles. The number of nitrogens with zero attached hydrogens (tertiary/aromatic N) is 2. The van der Waals surface area contributed by atoms with Crippen LogP contribution in [0.3, 0.4) is 0 Å². The van der Waals surface area contributed by atoms with Crippen molar-refractivity contribution in [3.63, 3.8) is 0 Å². The molecule has 2 unspecified atom stereocenters. The van der Waals surface area contributed by atoms with Gasteiger partial charge in [0.25, 0.3) is 0 Å². The summed E-state index contributed by atoms with van der Waals surface area (Å²) < 4.78 is 0. The van der Waals surface area contributed by atoms with Crippen LogP contribution in [0.25, 0.3) is 0 Å². The maximum Gasteiger partial charge on any atom is 0.0974 e. The van der Waals surface area contributed by atoms with Crippen LogP contribution in [0.4, 0.5) is 0 Å². The summed E-state index contributed by atoms with van der Waals surface area (Å²) in [5.41, 5.74) is -1.26. The highest BCUT2D eigenvalue weighted by molar-refractivity contribution is 5.18. The molecule has 3 aliphatic rings. The molecule has 0 aromatic carbocycles. The van der Waals surface area contributed by atoms with Gasteiger partial charge in [-0.05, 0) is 57.8 Å². The van der Waals surface area contributed by atoms with E-state index >= 15 is 0 Å². The number of hydrogen-bond acceptors (Lipinski definition) is 3. The van der Waals surface area contributed by atoms with E-state index in [4.69, 9.17) is 0 Å². The summed E-state index contributed by atoms with van der Waals surface area (Å²) in [5, 5.41) is 21.1. The van der Waals surface area contributed by atoms with Gasteiger partial charge >= 0.3 is 0 Å². The molecule has 3 heteroatoms. The average Bonchev–Trinajstić information content (AvgIpc) is 3.24. The highest BCUT2D eigenvalue weighted by Crippen LogP contribution is 2.52. The minimum absolute atomic E-state index is 0.432. The fraction of sp³-hybridized carbons (Fsp3) is 0.941. The first-order valence-corrected chi connectivity index (χ1v) is 8.43. The van der Waals surface area contributed by atoms with Crippen LogP contribution < -0.4 is 0 Å². The van der Waals surface area contributed by atoms with Crippen LogP contribution in [-0.2, 0) is 0 Å². The van der Waals surface area contributed by atoms with Crippen molar-refractivity contribution in [1.82, 2.24) is 4.90 Å². The van der Waals surface area contributed by atoms with Gasteiger partial charge in [0, 0.05) is 18.6 Å². The number of likely N-dealkylation sites (tertiary alicyclic amines) is 1. The molecule has 2 aliphatic carbocycles. The normalized spacial score (nSPS) is 46.3. The van der Waals surface area contributed by atoms with E-state index in [1.54, 1.807) is 0 Å². The molecule has 0 aromatic heterocycles. The van der Waals surface area contributed by atoms with Crippen LogP contribution in [-0.4, -0.2) is 34.2 Å². The predicted molar refractivity (Wildman–Crippen MR) is 79.1 cm³/mol. The zero-order valence-corrected chi connectivity index (χ0v) is 12.9. The van der Waals surface area contributed by atoms with E-state index in [9.17, 15) is 10.4 Å². The van der Waals surface area contributed by atoms with E-state index in [1.165, 1.54) is 19.3 Å². The molecule has 0 spiro atoms. The summed E-state index contributed by atoms with van der Waals surface area (Å²) in [7, 11) is 0. The fourth-order valence-corrected chi connectivity index (χ4v) is 4.63. The largest absolute Gasteiger partial charge is 0.387 e. The second kappa shape index (κ2) is 5.00. The Bertz CT molecular complexity index is 404. The van der Waals surface area contributed by atoms with Crippen LogP contribution in [0.15, 0.2) is 0 Å². The summed E-state index contributed by atoms with van der Waals surface area (Å²) in [5.74, 6) is 0.762. The molecule has 1 N–H and O–H groups in total. The summed E-state index contributed by atoms with van der Waals surface area (Å²) >= 11 is 0. The van der Waals surface area contributed by atoms with Gasteiger partial charge in [0.1, 0.15) is 0 Å². The van der Waals surface area contributed by atoms with Gasteiger partial charge in [-0.25, -0.2) is 0 Å². The average molecular weight is 276 g/mol. The zero-order chi connectivity index (χ0) is 14.4. The summed E-state index contributed by atoms with van der Waals surface area (Å²) in [6.07, 6.45) is 8.57. The number of β-amino-alcohol motifs (C(OH)–C–C–N with tert-alkyl or cyclic N) is 1. The lowest BCUT2D eigenvalue weighted by molar-refractivity contribution is -0.0698. The third kappa shape index (κ3) is 2.18. The third-order valence-corrected chi connectivity index (χ3v) is 6.30. The van der Waals surface area contributed by atoms with Crippen molar-refractivity contribution < 1.29 is 5.11 Å². The smallest absolute Gasteiger partial charge is 0.0974 e. The lowest BCUT2D eigenvalue weighted by Gasteiger charge is -2.44. The Morgan fingerprint density at radius 2 is 1.90 bits per heavy atom. The Morgan fingerprint density at radius 3 is 2.40 bits per heavy atom. The molecule has 0 amide bonds. The Hall–Kier alpha value is -0.590. The van der Waals surface area contributed by atoms with Crippen molar-refractivity contribution in [2.45, 2.75) is 82.9 Å². The van der Waals surface area contributed by atoms with Crippen molar-refractivity contribution in [3.05, 3.63) is 0 Å². The monoisotopic (exact) mass is 276 g/mol. The Labute approximate surface area is 123 Å². The van der Waals surface area contributed by atoms with Crippen molar-refractivity contribution in [3.8, 4) is 6.07 Å². The molecule has 20 heavy (non-hydrogen) atoms. The fourth-order valence-electron chi connectivity index (χ4n) is 4.63. The second-order valence-electron chi connectivity index (χ2n) is 7.53.